The number of carboxylic acids is 1. The van der Waals surface area contributed by atoms with Gasteiger partial charge in [-0.15, -0.1) is 0 Å². The number of aliphatic carboxylic acids is 1. The maximum atomic E-state index is 10.6. The molecule has 1 atom stereocenters. The van der Waals surface area contributed by atoms with Gasteiger partial charge >= 0.3 is 5.97 Å². The number of benzene rings is 1. The van der Waals surface area contributed by atoms with Crippen molar-refractivity contribution < 1.29 is 14.6 Å². The van der Waals surface area contributed by atoms with Crippen LogP contribution in [0.25, 0.3) is 6.08 Å². The van der Waals surface area contributed by atoms with Gasteiger partial charge in [0.2, 0.25) is 0 Å². The summed E-state index contributed by atoms with van der Waals surface area (Å²) < 4.78 is 5.13. The van der Waals surface area contributed by atoms with Crippen LogP contribution in [0.15, 0.2) is 30.3 Å². The second-order valence-electron chi connectivity index (χ2n) is 4.15. The van der Waals surface area contributed by atoms with E-state index in [9.17, 15) is 4.79 Å². The van der Waals surface area contributed by atoms with Crippen molar-refractivity contribution in [2.75, 3.05) is 25.7 Å². The lowest BCUT2D eigenvalue weighted by molar-refractivity contribution is -0.131. The minimum Gasteiger partial charge on any atom is -0.478 e. The highest BCUT2D eigenvalue weighted by atomic mass is 16.5. The van der Waals surface area contributed by atoms with Crippen LogP contribution in [0.2, 0.25) is 0 Å². The van der Waals surface area contributed by atoms with E-state index in [1.807, 2.05) is 31.3 Å². The summed E-state index contributed by atoms with van der Waals surface area (Å²) in [4.78, 5) is 12.6. The van der Waals surface area contributed by atoms with E-state index < -0.39 is 5.97 Å². The molecule has 0 bridgehead atoms. The summed E-state index contributed by atoms with van der Waals surface area (Å²) in [6, 6.07) is 7.90. The van der Waals surface area contributed by atoms with Gasteiger partial charge in [0.15, 0.2) is 0 Å². The Hall–Kier alpha value is -1.81. The zero-order valence-electron chi connectivity index (χ0n) is 11.0. The van der Waals surface area contributed by atoms with E-state index in [4.69, 9.17) is 9.84 Å². The Morgan fingerprint density at radius 2 is 2.17 bits per heavy atom. The number of hydrogen-bond donors (Lipinski definition) is 1. The first kappa shape index (κ1) is 14.3. The van der Waals surface area contributed by atoms with Crippen LogP contribution in [0.1, 0.15) is 12.5 Å². The molecule has 1 N–H and O–H groups in total. The lowest BCUT2D eigenvalue weighted by Gasteiger charge is -2.27. The number of para-hydroxylation sites is 1. The second kappa shape index (κ2) is 6.81. The predicted octanol–water partition coefficient (Wildman–Crippen LogP) is 2.26. The number of likely N-dealkylation sites (N-methyl/N-ethyl adjacent to an activating group) is 1. The molecule has 1 rings (SSSR count). The first-order chi connectivity index (χ1) is 8.56. The van der Waals surface area contributed by atoms with Crippen LogP contribution in [0.5, 0.6) is 0 Å². The SMILES string of the molecule is COCC(C)N(C)c1ccccc1C=CC(=O)O. The third-order valence-corrected chi connectivity index (χ3v) is 2.79. The Kier molecular flexibility index (Phi) is 5.39. The molecule has 18 heavy (non-hydrogen) atoms. The minimum absolute atomic E-state index is 0.217. The molecule has 1 aromatic rings. The largest absolute Gasteiger partial charge is 0.478 e. The van der Waals surface area contributed by atoms with Gasteiger partial charge in [-0.05, 0) is 24.6 Å². The fourth-order valence-corrected chi connectivity index (χ4v) is 1.70. The summed E-state index contributed by atoms with van der Waals surface area (Å²) in [5, 5.41) is 8.68. The van der Waals surface area contributed by atoms with Crippen LogP contribution >= 0.6 is 0 Å². The molecule has 0 saturated carbocycles. The highest BCUT2D eigenvalue weighted by molar-refractivity contribution is 5.87. The van der Waals surface area contributed by atoms with Gasteiger partial charge in [-0.3, -0.25) is 0 Å². The molecular formula is C14H19NO3. The van der Waals surface area contributed by atoms with Crippen LogP contribution < -0.4 is 4.90 Å². The molecule has 0 aliphatic heterocycles. The van der Waals surface area contributed by atoms with E-state index in [-0.39, 0.29) is 6.04 Å². The summed E-state index contributed by atoms with van der Waals surface area (Å²) >= 11 is 0. The number of carbonyl (C=O) groups is 1. The molecule has 0 radical (unpaired) electrons. The van der Waals surface area contributed by atoms with E-state index in [1.54, 1.807) is 13.2 Å². The van der Waals surface area contributed by atoms with Crippen LogP contribution in [0, 0.1) is 0 Å². The van der Waals surface area contributed by atoms with Crippen molar-refractivity contribution in [2.24, 2.45) is 0 Å². The smallest absolute Gasteiger partial charge is 0.328 e. The number of ether oxygens (including phenoxy) is 1. The summed E-state index contributed by atoms with van der Waals surface area (Å²) in [5.41, 5.74) is 1.87. The average molecular weight is 249 g/mol. The monoisotopic (exact) mass is 249 g/mol. The lowest BCUT2D eigenvalue weighted by Crippen LogP contribution is -2.33. The minimum atomic E-state index is -0.947. The van der Waals surface area contributed by atoms with Crippen molar-refractivity contribution in [1.82, 2.24) is 0 Å². The Bertz CT molecular complexity index is 429. The molecule has 98 valence electrons. The van der Waals surface area contributed by atoms with E-state index in [2.05, 4.69) is 11.8 Å². The maximum absolute atomic E-state index is 10.6. The van der Waals surface area contributed by atoms with Gasteiger partial charge in [0.25, 0.3) is 0 Å². The van der Waals surface area contributed by atoms with Crippen LogP contribution in [0.3, 0.4) is 0 Å². The Balaban J connectivity index is 2.97. The van der Waals surface area contributed by atoms with Gasteiger partial charge in [0.1, 0.15) is 0 Å². The molecule has 1 aromatic carbocycles. The lowest BCUT2D eigenvalue weighted by atomic mass is 10.1. The van der Waals surface area contributed by atoms with Crippen LogP contribution in [0.4, 0.5) is 5.69 Å². The summed E-state index contributed by atoms with van der Waals surface area (Å²) in [5.74, 6) is -0.947. The van der Waals surface area contributed by atoms with Crippen molar-refractivity contribution in [3.05, 3.63) is 35.9 Å². The van der Waals surface area contributed by atoms with Crippen LogP contribution in [-0.2, 0) is 9.53 Å². The number of nitrogens with zero attached hydrogens (tertiary/aromatic N) is 1. The van der Waals surface area contributed by atoms with E-state index >= 15 is 0 Å². The third kappa shape index (κ3) is 3.89. The molecule has 0 heterocycles. The average Bonchev–Trinajstić information content (AvgIpc) is 2.36. The van der Waals surface area contributed by atoms with Crippen molar-refractivity contribution >= 4 is 17.7 Å². The Morgan fingerprint density at radius 1 is 1.50 bits per heavy atom. The van der Waals surface area contributed by atoms with Crippen molar-refractivity contribution in [1.29, 1.82) is 0 Å². The Morgan fingerprint density at radius 3 is 2.78 bits per heavy atom. The molecule has 0 saturated heterocycles. The topological polar surface area (TPSA) is 49.8 Å². The van der Waals surface area contributed by atoms with Crippen molar-refractivity contribution in [3.8, 4) is 0 Å². The quantitative estimate of drug-likeness (QED) is 0.786. The van der Waals surface area contributed by atoms with E-state index in [0.717, 1.165) is 17.3 Å². The van der Waals surface area contributed by atoms with Gasteiger partial charge in [-0.1, -0.05) is 18.2 Å². The molecule has 1 unspecified atom stereocenters. The molecule has 4 heteroatoms. The van der Waals surface area contributed by atoms with Crippen molar-refractivity contribution in [2.45, 2.75) is 13.0 Å². The molecular weight excluding hydrogens is 230 g/mol. The standard InChI is InChI=1S/C14H19NO3/c1-11(10-18-3)15(2)13-7-5-4-6-12(13)8-9-14(16)17/h4-9,11H,10H2,1-3H3,(H,16,17). The molecule has 0 aliphatic carbocycles. The van der Waals surface area contributed by atoms with E-state index in [0.29, 0.717) is 6.61 Å². The van der Waals surface area contributed by atoms with Crippen LogP contribution in [-0.4, -0.2) is 37.9 Å². The second-order valence-corrected chi connectivity index (χ2v) is 4.15. The number of anilines is 1. The van der Waals surface area contributed by atoms with Gasteiger partial charge in [0.05, 0.1) is 6.61 Å². The predicted molar refractivity (Wildman–Crippen MR) is 72.9 cm³/mol. The fraction of sp³-hybridized carbons (Fsp3) is 0.357. The molecule has 0 spiro atoms. The summed E-state index contributed by atoms with van der Waals surface area (Å²) in [6.45, 7) is 2.68. The summed E-state index contributed by atoms with van der Waals surface area (Å²) in [7, 11) is 3.64. The van der Waals surface area contributed by atoms with E-state index in [1.165, 1.54) is 0 Å². The number of carboxylic acid groups (broad SMARTS) is 1. The Labute approximate surface area is 107 Å². The van der Waals surface area contributed by atoms with Crippen molar-refractivity contribution in [3.63, 3.8) is 0 Å². The molecule has 0 fully saturated rings. The zero-order valence-corrected chi connectivity index (χ0v) is 11.0. The molecule has 0 amide bonds. The maximum Gasteiger partial charge on any atom is 0.328 e. The number of rotatable bonds is 6. The highest BCUT2D eigenvalue weighted by Gasteiger charge is 2.11. The molecule has 4 nitrogen and oxygen atoms in total. The van der Waals surface area contributed by atoms with Gasteiger partial charge in [-0.25, -0.2) is 4.79 Å². The molecule has 0 aromatic heterocycles. The highest BCUT2D eigenvalue weighted by Crippen LogP contribution is 2.22. The fourth-order valence-electron chi connectivity index (χ4n) is 1.70. The number of methoxy groups -OCH3 is 1. The molecule has 0 aliphatic rings. The zero-order chi connectivity index (χ0) is 13.5. The van der Waals surface area contributed by atoms with Gasteiger partial charge in [-0.2, -0.15) is 0 Å². The number of hydrogen-bond acceptors (Lipinski definition) is 3. The first-order valence-electron chi connectivity index (χ1n) is 5.78. The normalized spacial score (nSPS) is 12.6. The van der Waals surface area contributed by atoms with Gasteiger partial charge in [0, 0.05) is 32.0 Å². The summed E-state index contributed by atoms with van der Waals surface area (Å²) in [6.07, 6.45) is 2.75. The van der Waals surface area contributed by atoms with Gasteiger partial charge < -0.3 is 14.7 Å². The third-order valence-electron chi connectivity index (χ3n) is 2.79. The first-order valence-corrected chi connectivity index (χ1v) is 5.78.